The van der Waals surface area contributed by atoms with Gasteiger partial charge in [0.1, 0.15) is 0 Å². The van der Waals surface area contributed by atoms with Gasteiger partial charge in [0.15, 0.2) is 0 Å². The number of nitrogens with zero attached hydrogens (tertiary/aromatic N) is 1. The zero-order chi connectivity index (χ0) is 13.9. The molecule has 0 bridgehead atoms. The molecule has 1 unspecified atom stereocenters. The van der Waals surface area contributed by atoms with Crippen LogP contribution in [0.3, 0.4) is 0 Å². The molecule has 1 atom stereocenters. The molecule has 1 aromatic rings. The lowest BCUT2D eigenvalue weighted by molar-refractivity contribution is 0.0978. The molecule has 1 aromatic carbocycles. The van der Waals surface area contributed by atoms with Crippen LogP contribution in [0, 0.1) is 20.8 Å². The van der Waals surface area contributed by atoms with Crippen molar-refractivity contribution in [1.29, 1.82) is 0 Å². The third-order valence-corrected chi connectivity index (χ3v) is 3.07. The summed E-state index contributed by atoms with van der Waals surface area (Å²) in [7, 11) is 1.67. The predicted molar refractivity (Wildman–Crippen MR) is 71.1 cm³/mol. The van der Waals surface area contributed by atoms with Crippen LogP contribution in [0.2, 0.25) is 0 Å². The summed E-state index contributed by atoms with van der Waals surface area (Å²) in [5.74, 6) is 0. The fraction of sp³-hybridized carbons (Fsp3) is 0.571. The molecule has 0 aliphatic carbocycles. The summed E-state index contributed by atoms with van der Waals surface area (Å²) in [6, 6.07) is 3.93. The fourth-order valence-corrected chi connectivity index (χ4v) is 2.51. The van der Waals surface area contributed by atoms with Gasteiger partial charge in [0, 0.05) is 12.6 Å². The third kappa shape index (κ3) is 4.03. The molecular formula is C14H22F2N2. The number of nitrogens with two attached hydrogens (primary N) is 1. The van der Waals surface area contributed by atoms with Gasteiger partial charge in [-0.05, 0) is 44.5 Å². The summed E-state index contributed by atoms with van der Waals surface area (Å²) in [6.45, 7) is 6.27. The first kappa shape index (κ1) is 15.1. The van der Waals surface area contributed by atoms with Crippen molar-refractivity contribution in [2.45, 2.75) is 33.2 Å². The van der Waals surface area contributed by atoms with Gasteiger partial charge in [-0.3, -0.25) is 4.90 Å². The summed E-state index contributed by atoms with van der Waals surface area (Å²) in [5.41, 5.74) is 10.7. The maximum Gasteiger partial charge on any atom is 0.251 e. The Morgan fingerprint density at radius 2 is 1.61 bits per heavy atom. The first-order valence-electron chi connectivity index (χ1n) is 6.11. The van der Waals surface area contributed by atoms with Gasteiger partial charge in [0.25, 0.3) is 6.43 Å². The predicted octanol–water partition coefficient (Wildman–Crippen LogP) is 2.81. The molecule has 0 aliphatic rings. The standard InChI is InChI=1S/C14H22F2N2/c1-9-5-10(2)14(11(3)6-9)12(17)7-18(4)8-13(15)16/h5-6,12-13H,7-8,17H2,1-4H3. The zero-order valence-corrected chi connectivity index (χ0v) is 11.5. The van der Waals surface area contributed by atoms with E-state index in [0.717, 1.165) is 16.7 Å². The fourth-order valence-electron chi connectivity index (χ4n) is 2.51. The Labute approximate surface area is 108 Å². The average Bonchev–Trinajstić information content (AvgIpc) is 2.12. The van der Waals surface area contributed by atoms with Crippen LogP contribution in [0.25, 0.3) is 0 Å². The largest absolute Gasteiger partial charge is 0.323 e. The van der Waals surface area contributed by atoms with Crippen molar-refractivity contribution in [3.63, 3.8) is 0 Å². The number of likely N-dealkylation sites (N-methyl/N-ethyl adjacent to an activating group) is 1. The maximum absolute atomic E-state index is 12.3. The van der Waals surface area contributed by atoms with Gasteiger partial charge in [-0.15, -0.1) is 0 Å². The topological polar surface area (TPSA) is 29.3 Å². The van der Waals surface area contributed by atoms with Crippen LogP contribution in [0.15, 0.2) is 12.1 Å². The van der Waals surface area contributed by atoms with E-state index >= 15 is 0 Å². The second-order valence-corrected chi connectivity index (χ2v) is 5.03. The quantitative estimate of drug-likeness (QED) is 0.877. The van der Waals surface area contributed by atoms with Gasteiger partial charge in [0.2, 0.25) is 0 Å². The molecule has 0 aromatic heterocycles. The van der Waals surface area contributed by atoms with Crippen LogP contribution in [0.1, 0.15) is 28.3 Å². The van der Waals surface area contributed by atoms with E-state index < -0.39 is 6.43 Å². The van der Waals surface area contributed by atoms with Crippen LogP contribution < -0.4 is 5.73 Å². The maximum atomic E-state index is 12.3. The number of halogens is 2. The molecule has 0 heterocycles. The minimum Gasteiger partial charge on any atom is -0.323 e. The van der Waals surface area contributed by atoms with E-state index in [1.165, 1.54) is 5.56 Å². The Kier molecular flexibility index (Phi) is 5.23. The Bertz CT molecular complexity index is 382. The number of hydrogen-bond acceptors (Lipinski definition) is 2. The van der Waals surface area contributed by atoms with E-state index in [0.29, 0.717) is 6.54 Å². The normalized spacial score (nSPS) is 13.4. The van der Waals surface area contributed by atoms with Crippen molar-refractivity contribution in [3.8, 4) is 0 Å². The Balaban J connectivity index is 2.81. The highest BCUT2D eigenvalue weighted by molar-refractivity contribution is 5.39. The summed E-state index contributed by atoms with van der Waals surface area (Å²) >= 11 is 0. The van der Waals surface area contributed by atoms with E-state index in [4.69, 9.17) is 5.73 Å². The Hall–Kier alpha value is -1.00. The molecule has 4 heteroatoms. The molecule has 0 amide bonds. The summed E-state index contributed by atoms with van der Waals surface area (Å²) in [6.07, 6.45) is -2.32. The number of hydrogen-bond donors (Lipinski definition) is 1. The lowest BCUT2D eigenvalue weighted by atomic mass is 9.94. The molecule has 0 aliphatic heterocycles. The molecule has 0 spiro atoms. The number of rotatable bonds is 5. The molecular weight excluding hydrogens is 234 g/mol. The Morgan fingerprint density at radius 1 is 1.11 bits per heavy atom. The van der Waals surface area contributed by atoms with E-state index in [-0.39, 0.29) is 12.6 Å². The minimum absolute atomic E-state index is 0.227. The number of aryl methyl sites for hydroxylation is 3. The van der Waals surface area contributed by atoms with Gasteiger partial charge in [0.05, 0.1) is 6.54 Å². The lowest BCUT2D eigenvalue weighted by Gasteiger charge is -2.24. The molecule has 2 nitrogen and oxygen atoms in total. The molecule has 18 heavy (non-hydrogen) atoms. The molecule has 0 saturated carbocycles. The van der Waals surface area contributed by atoms with Gasteiger partial charge < -0.3 is 5.73 Å². The van der Waals surface area contributed by atoms with Crippen LogP contribution in [-0.4, -0.2) is 31.5 Å². The SMILES string of the molecule is Cc1cc(C)c(C(N)CN(C)CC(F)F)c(C)c1. The first-order valence-corrected chi connectivity index (χ1v) is 6.11. The summed E-state index contributed by atoms with van der Waals surface area (Å²) in [4.78, 5) is 1.58. The minimum atomic E-state index is -2.32. The van der Waals surface area contributed by atoms with Gasteiger partial charge in [-0.2, -0.15) is 0 Å². The second-order valence-electron chi connectivity index (χ2n) is 5.03. The number of alkyl halides is 2. The second kappa shape index (κ2) is 6.25. The van der Waals surface area contributed by atoms with E-state index in [2.05, 4.69) is 12.1 Å². The lowest BCUT2D eigenvalue weighted by Crippen LogP contribution is -2.33. The van der Waals surface area contributed by atoms with Gasteiger partial charge >= 0.3 is 0 Å². The first-order chi connectivity index (χ1) is 8.31. The molecule has 102 valence electrons. The number of benzene rings is 1. The highest BCUT2D eigenvalue weighted by Crippen LogP contribution is 2.22. The van der Waals surface area contributed by atoms with Crippen LogP contribution >= 0.6 is 0 Å². The van der Waals surface area contributed by atoms with Crippen molar-refractivity contribution in [2.24, 2.45) is 5.73 Å². The van der Waals surface area contributed by atoms with E-state index in [1.54, 1.807) is 11.9 Å². The third-order valence-electron chi connectivity index (χ3n) is 3.07. The van der Waals surface area contributed by atoms with Crippen molar-refractivity contribution in [1.82, 2.24) is 4.90 Å². The van der Waals surface area contributed by atoms with Crippen LogP contribution in [0.5, 0.6) is 0 Å². The van der Waals surface area contributed by atoms with Crippen molar-refractivity contribution < 1.29 is 8.78 Å². The van der Waals surface area contributed by atoms with E-state index in [9.17, 15) is 8.78 Å². The van der Waals surface area contributed by atoms with Crippen LogP contribution in [-0.2, 0) is 0 Å². The Morgan fingerprint density at radius 3 is 2.06 bits per heavy atom. The molecule has 1 rings (SSSR count). The monoisotopic (exact) mass is 256 g/mol. The van der Waals surface area contributed by atoms with Crippen molar-refractivity contribution >= 4 is 0 Å². The summed E-state index contributed by atoms with van der Waals surface area (Å²) < 4.78 is 24.5. The smallest absolute Gasteiger partial charge is 0.251 e. The highest BCUT2D eigenvalue weighted by atomic mass is 19.3. The van der Waals surface area contributed by atoms with E-state index in [1.807, 2.05) is 20.8 Å². The molecule has 0 radical (unpaired) electrons. The van der Waals surface area contributed by atoms with Crippen LogP contribution in [0.4, 0.5) is 8.78 Å². The van der Waals surface area contributed by atoms with Crippen molar-refractivity contribution in [3.05, 3.63) is 34.4 Å². The summed E-state index contributed by atoms with van der Waals surface area (Å²) in [5, 5.41) is 0. The average molecular weight is 256 g/mol. The molecule has 0 saturated heterocycles. The van der Waals surface area contributed by atoms with Gasteiger partial charge in [-0.25, -0.2) is 8.78 Å². The van der Waals surface area contributed by atoms with Gasteiger partial charge in [-0.1, -0.05) is 17.7 Å². The molecule has 0 fully saturated rings. The highest BCUT2D eigenvalue weighted by Gasteiger charge is 2.16. The van der Waals surface area contributed by atoms with Crippen molar-refractivity contribution in [2.75, 3.05) is 20.1 Å². The zero-order valence-electron chi connectivity index (χ0n) is 11.5. The molecule has 2 N–H and O–H groups in total.